The fourth-order valence-corrected chi connectivity index (χ4v) is 6.97. The molecule has 4 aromatic carbocycles. The smallest absolute Gasteiger partial charge is 0.657 e. The van der Waals surface area contributed by atoms with Gasteiger partial charge in [0.25, 0.3) is 0 Å². The van der Waals surface area contributed by atoms with Gasteiger partial charge in [0, 0.05) is 4.47 Å². The minimum atomic E-state index is 0. The van der Waals surface area contributed by atoms with E-state index in [0.29, 0.717) is 0 Å². The van der Waals surface area contributed by atoms with Crippen molar-refractivity contribution in [2.45, 2.75) is 0 Å². The molecule has 0 saturated heterocycles. The average Bonchev–Trinajstić information content (AvgIpc) is 3.98. The molecule has 0 saturated carbocycles. The van der Waals surface area contributed by atoms with Crippen molar-refractivity contribution >= 4 is 62.3 Å². The Morgan fingerprint density at radius 1 is 0.340 bits per heavy atom. The fraction of sp³-hybridized carbons (Fsp3) is 0. The Labute approximate surface area is 308 Å². The monoisotopic (exact) mass is 748 g/mol. The summed E-state index contributed by atoms with van der Waals surface area (Å²) in [6, 6.07) is 47.9. The van der Waals surface area contributed by atoms with E-state index in [9.17, 15) is 0 Å². The van der Waals surface area contributed by atoms with Crippen LogP contribution in [-0.4, -0.2) is 9.97 Å². The van der Waals surface area contributed by atoms with Crippen LogP contribution in [0.1, 0.15) is 22.8 Å². The van der Waals surface area contributed by atoms with Gasteiger partial charge in [-0.15, -0.1) is 22.1 Å². The molecular weight excluding hydrogens is 723 g/mol. The van der Waals surface area contributed by atoms with Crippen LogP contribution in [0.25, 0.3) is 90.9 Å². The number of nitrogens with zero attached hydrogens (tertiary/aromatic N) is 4. The van der Waals surface area contributed by atoms with Crippen molar-refractivity contribution in [2.75, 3.05) is 0 Å². The molecule has 240 valence electrons. The molecule has 9 rings (SSSR count). The summed E-state index contributed by atoms with van der Waals surface area (Å²) in [4.78, 5) is 21.3. The van der Waals surface area contributed by atoms with Crippen LogP contribution in [0.4, 0.5) is 0 Å². The molecule has 0 fully saturated rings. The number of hydrogen-bond donors (Lipinski definition) is 0. The second-order valence-electron chi connectivity index (χ2n) is 12.0. The Kier molecular flexibility index (Phi) is 8.50. The predicted molar refractivity (Wildman–Crippen MR) is 206 cm³/mol. The van der Waals surface area contributed by atoms with Crippen LogP contribution in [-0.2, 0) is 16.5 Å². The van der Waals surface area contributed by atoms with Gasteiger partial charge in [-0.3, -0.25) is 0 Å². The molecule has 6 heteroatoms. The van der Waals surface area contributed by atoms with E-state index in [1.165, 1.54) is 0 Å². The third kappa shape index (κ3) is 5.77. The van der Waals surface area contributed by atoms with E-state index in [2.05, 4.69) is 162 Å². The maximum absolute atomic E-state index is 5.32. The van der Waals surface area contributed by atoms with Gasteiger partial charge in [-0.2, -0.15) is 0 Å². The van der Waals surface area contributed by atoms with Crippen molar-refractivity contribution in [3.05, 3.63) is 167 Å². The Hall–Kier alpha value is -5.55. The molecule has 0 amide bonds. The molecule has 0 atom stereocenters. The zero-order chi connectivity index (χ0) is 32.7. The molecule has 50 heavy (non-hydrogen) atoms. The van der Waals surface area contributed by atoms with Gasteiger partial charge < -0.3 is 9.97 Å². The molecule has 0 N–H and O–H groups in total. The second kappa shape index (κ2) is 13.4. The minimum Gasteiger partial charge on any atom is -0.657 e. The Morgan fingerprint density at radius 3 is 0.920 bits per heavy atom. The first-order valence-corrected chi connectivity index (χ1v) is 17.0. The average molecular weight is 750 g/mol. The van der Waals surface area contributed by atoms with Crippen LogP contribution in [0.15, 0.2) is 144 Å². The van der Waals surface area contributed by atoms with Gasteiger partial charge in [-0.05, 0) is 80.9 Å². The molecule has 8 bridgehead atoms. The molecular formula is C44H27BrN4Ni. The van der Waals surface area contributed by atoms with E-state index >= 15 is 0 Å². The van der Waals surface area contributed by atoms with Crippen molar-refractivity contribution in [1.29, 1.82) is 0 Å². The van der Waals surface area contributed by atoms with Crippen LogP contribution in [0.3, 0.4) is 0 Å². The molecule has 5 heterocycles. The standard InChI is InChI=1S/C44H27BrN4.Ni/c45-32-18-16-31(17-19-32)44-39-26-24-37(48-39)42(29-12-6-2-7-13-29)35-22-20-33(46-35)41(28-10-4-1-5-11-28)34-21-23-36(47-34)43(30-14-8-3-9-15-30)38-25-27-40(44)49-38;/h1-27H;/q-2;+2. The Bertz CT molecular complexity index is 2550. The SMILES string of the molecule is Brc1ccc(-c2c3nc(c(-c4ccccc4)c4ccc([n-]4)c(-c4ccccc4)c4nc(c(-c5ccccc5)c5ccc2[n-]5)C=C4)C=C3)cc1.[Ni+2]. The van der Waals surface area contributed by atoms with Crippen molar-refractivity contribution in [3.8, 4) is 44.5 Å². The first-order valence-electron chi connectivity index (χ1n) is 16.2. The number of benzene rings is 4. The maximum Gasteiger partial charge on any atom is 2.00 e. The van der Waals surface area contributed by atoms with E-state index in [1.54, 1.807) is 0 Å². The van der Waals surface area contributed by atoms with Crippen LogP contribution in [0.2, 0.25) is 0 Å². The van der Waals surface area contributed by atoms with Crippen molar-refractivity contribution < 1.29 is 16.5 Å². The number of rotatable bonds is 4. The van der Waals surface area contributed by atoms with Gasteiger partial charge in [-0.1, -0.05) is 143 Å². The second-order valence-corrected chi connectivity index (χ2v) is 12.9. The van der Waals surface area contributed by atoms with E-state index in [0.717, 1.165) is 93.8 Å². The molecule has 0 aliphatic carbocycles. The van der Waals surface area contributed by atoms with Gasteiger partial charge >= 0.3 is 16.5 Å². The minimum absolute atomic E-state index is 0. The van der Waals surface area contributed by atoms with Crippen LogP contribution in [0.5, 0.6) is 0 Å². The van der Waals surface area contributed by atoms with Crippen LogP contribution < -0.4 is 9.97 Å². The first-order chi connectivity index (χ1) is 24.2. The molecule has 2 aliphatic heterocycles. The van der Waals surface area contributed by atoms with Gasteiger partial charge in [0.15, 0.2) is 0 Å². The van der Waals surface area contributed by atoms with Crippen LogP contribution in [0, 0.1) is 0 Å². The summed E-state index contributed by atoms with van der Waals surface area (Å²) < 4.78 is 1.01. The van der Waals surface area contributed by atoms with E-state index < -0.39 is 0 Å². The predicted octanol–water partition coefficient (Wildman–Crippen LogP) is 11.3. The number of hydrogen-bond acceptors (Lipinski definition) is 2. The number of halogens is 1. The van der Waals surface area contributed by atoms with Crippen molar-refractivity contribution in [3.63, 3.8) is 0 Å². The van der Waals surface area contributed by atoms with Gasteiger partial charge in [0.1, 0.15) is 0 Å². The normalized spacial score (nSPS) is 11.8. The third-order valence-corrected chi connectivity index (χ3v) is 9.46. The Morgan fingerprint density at radius 2 is 0.620 bits per heavy atom. The summed E-state index contributed by atoms with van der Waals surface area (Å²) in [6.07, 6.45) is 8.39. The van der Waals surface area contributed by atoms with E-state index in [1.807, 2.05) is 18.2 Å². The summed E-state index contributed by atoms with van der Waals surface area (Å²) in [5, 5.41) is 0. The largest absolute Gasteiger partial charge is 2.00 e. The zero-order valence-corrected chi connectivity index (χ0v) is 29.1. The summed E-state index contributed by atoms with van der Waals surface area (Å²) >= 11 is 3.62. The molecule has 0 unspecified atom stereocenters. The summed E-state index contributed by atoms with van der Waals surface area (Å²) in [7, 11) is 0. The fourth-order valence-electron chi connectivity index (χ4n) is 6.70. The molecule has 0 spiro atoms. The van der Waals surface area contributed by atoms with Gasteiger partial charge in [0.05, 0.1) is 22.8 Å². The molecule has 7 aromatic rings. The maximum atomic E-state index is 5.32. The molecule has 4 nitrogen and oxygen atoms in total. The van der Waals surface area contributed by atoms with Crippen LogP contribution >= 0.6 is 15.9 Å². The number of fused-ring (bicyclic) bond motifs is 8. The molecule has 2 aliphatic rings. The van der Waals surface area contributed by atoms with Gasteiger partial charge in [0.2, 0.25) is 0 Å². The zero-order valence-electron chi connectivity index (χ0n) is 26.6. The summed E-state index contributed by atoms with van der Waals surface area (Å²) in [5.74, 6) is 0. The Balaban J connectivity index is 0.00000361. The summed E-state index contributed by atoms with van der Waals surface area (Å²) in [5.41, 5.74) is 14.9. The third-order valence-electron chi connectivity index (χ3n) is 8.93. The first kappa shape index (κ1) is 31.7. The number of aromatic nitrogens is 4. The van der Waals surface area contributed by atoms with E-state index in [4.69, 9.17) is 19.9 Å². The molecule has 0 radical (unpaired) electrons. The summed E-state index contributed by atoms with van der Waals surface area (Å²) in [6.45, 7) is 0. The van der Waals surface area contributed by atoms with Crippen molar-refractivity contribution in [1.82, 2.24) is 19.9 Å². The molecule has 3 aromatic heterocycles. The van der Waals surface area contributed by atoms with Crippen molar-refractivity contribution in [2.24, 2.45) is 0 Å². The van der Waals surface area contributed by atoms with E-state index in [-0.39, 0.29) is 16.5 Å². The topological polar surface area (TPSA) is 54.0 Å². The quantitative estimate of drug-likeness (QED) is 0.168. The van der Waals surface area contributed by atoms with Gasteiger partial charge in [-0.25, -0.2) is 9.97 Å².